The molecular weight excluding hydrogens is 206 g/mol. The molecule has 0 N–H and O–H groups in total. The zero-order valence-electron chi connectivity index (χ0n) is 10.2. The third-order valence-corrected chi connectivity index (χ3v) is 3.65. The van der Waals surface area contributed by atoms with Gasteiger partial charge in [0.1, 0.15) is 0 Å². The van der Waals surface area contributed by atoms with Crippen LogP contribution in [-0.2, 0) is 0 Å². The van der Waals surface area contributed by atoms with E-state index in [0.717, 1.165) is 19.5 Å². The van der Waals surface area contributed by atoms with Gasteiger partial charge in [-0.05, 0) is 31.3 Å². The number of rotatable bonds is 1. The molecule has 2 aliphatic carbocycles. The van der Waals surface area contributed by atoms with Crippen molar-refractivity contribution in [3.63, 3.8) is 0 Å². The summed E-state index contributed by atoms with van der Waals surface area (Å²) in [5.41, 5.74) is 4.43. The zero-order valence-corrected chi connectivity index (χ0v) is 10.2. The van der Waals surface area contributed by atoms with Gasteiger partial charge in [0, 0.05) is 24.4 Å². The van der Waals surface area contributed by atoms with Crippen molar-refractivity contribution in [1.29, 1.82) is 0 Å². The molecule has 3 rings (SSSR count). The largest absolute Gasteiger partial charge is 0.367 e. The summed E-state index contributed by atoms with van der Waals surface area (Å²) in [5.74, 6) is 0. The van der Waals surface area contributed by atoms with Crippen LogP contribution in [-0.4, -0.2) is 18.0 Å². The Balaban J connectivity index is 1.93. The predicted molar refractivity (Wildman–Crippen MR) is 72.6 cm³/mol. The summed E-state index contributed by atoms with van der Waals surface area (Å²) < 4.78 is 0. The van der Waals surface area contributed by atoms with Gasteiger partial charge in [0.2, 0.25) is 0 Å². The van der Waals surface area contributed by atoms with Crippen molar-refractivity contribution < 1.29 is 0 Å². The maximum absolute atomic E-state index is 2.51. The van der Waals surface area contributed by atoms with Gasteiger partial charge in [-0.3, -0.25) is 0 Å². The fourth-order valence-electron chi connectivity index (χ4n) is 2.77. The highest BCUT2D eigenvalue weighted by Crippen LogP contribution is 2.31. The van der Waals surface area contributed by atoms with Crippen LogP contribution in [0.25, 0.3) is 0 Å². The summed E-state index contributed by atoms with van der Waals surface area (Å²) in [6.45, 7) is 2.23. The van der Waals surface area contributed by atoms with E-state index < -0.39 is 0 Å². The van der Waals surface area contributed by atoms with Crippen molar-refractivity contribution in [2.24, 2.45) is 0 Å². The molecule has 0 aromatic heterocycles. The van der Waals surface area contributed by atoms with Gasteiger partial charge in [-0.15, -0.1) is 0 Å². The monoisotopic (exact) mass is 225 g/mol. The Labute approximate surface area is 104 Å². The molecule has 17 heavy (non-hydrogen) atoms. The van der Waals surface area contributed by atoms with Crippen LogP contribution in [0.5, 0.6) is 0 Å². The van der Waals surface area contributed by atoms with Crippen LogP contribution in [0.1, 0.15) is 25.7 Å². The fraction of sp³-hybridized carbons (Fsp3) is 0.375. The quantitative estimate of drug-likeness (QED) is 0.614. The lowest BCUT2D eigenvalue weighted by atomic mass is 9.93. The lowest BCUT2D eigenvalue weighted by molar-refractivity contribution is 0.379. The zero-order chi connectivity index (χ0) is 11.5. The van der Waals surface area contributed by atoms with E-state index in [1.807, 2.05) is 0 Å². The summed E-state index contributed by atoms with van der Waals surface area (Å²) in [4.78, 5) is 2.51. The van der Waals surface area contributed by atoms with Gasteiger partial charge < -0.3 is 4.90 Å². The summed E-state index contributed by atoms with van der Waals surface area (Å²) >= 11 is 0. The Bertz CT molecular complexity index is 446. The Kier molecular flexibility index (Phi) is 3.00. The first-order valence-corrected chi connectivity index (χ1v) is 6.62. The van der Waals surface area contributed by atoms with Crippen LogP contribution in [0.3, 0.4) is 0 Å². The molecule has 0 atom stereocenters. The molecule has 0 saturated heterocycles. The van der Waals surface area contributed by atoms with Crippen LogP contribution in [0, 0.1) is 0 Å². The molecule has 3 aliphatic rings. The molecule has 1 heterocycles. The number of nitrogens with zero attached hydrogens (tertiary/aromatic N) is 1. The van der Waals surface area contributed by atoms with E-state index in [9.17, 15) is 0 Å². The molecule has 0 aromatic rings. The Morgan fingerprint density at radius 3 is 2.76 bits per heavy atom. The standard InChI is InChI=1S/C16H19N/c1-3-8-14-9-7-11-16(15(14)10-4-1)17-12-5-2-6-13-17/h2-5,8,10-11H,1,6-7,9,12-13H2. The lowest BCUT2D eigenvalue weighted by Crippen LogP contribution is -2.28. The van der Waals surface area contributed by atoms with Crippen LogP contribution in [0.15, 0.2) is 59.4 Å². The smallest absolute Gasteiger partial charge is 0.0405 e. The maximum Gasteiger partial charge on any atom is 0.0405 e. The third kappa shape index (κ3) is 2.14. The Morgan fingerprint density at radius 2 is 1.88 bits per heavy atom. The molecule has 0 unspecified atom stereocenters. The van der Waals surface area contributed by atoms with Crippen molar-refractivity contribution in [2.75, 3.05) is 13.1 Å². The van der Waals surface area contributed by atoms with Crippen molar-refractivity contribution >= 4 is 0 Å². The topological polar surface area (TPSA) is 3.24 Å². The number of allylic oxidation sites excluding steroid dienone is 6. The predicted octanol–water partition coefficient (Wildman–Crippen LogP) is 3.74. The van der Waals surface area contributed by atoms with E-state index in [4.69, 9.17) is 0 Å². The molecule has 0 radical (unpaired) electrons. The minimum absolute atomic E-state index is 1.07. The molecule has 1 aliphatic heterocycles. The van der Waals surface area contributed by atoms with E-state index in [2.05, 4.69) is 47.4 Å². The SMILES string of the molecule is C1=CC2=C(C=CC1)C(N1CC=CCC1)=CCC2. The molecule has 0 spiro atoms. The van der Waals surface area contributed by atoms with Gasteiger partial charge in [0.15, 0.2) is 0 Å². The van der Waals surface area contributed by atoms with E-state index >= 15 is 0 Å². The van der Waals surface area contributed by atoms with Crippen LogP contribution in [0.2, 0.25) is 0 Å². The summed E-state index contributed by atoms with van der Waals surface area (Å²) in [6.07, 6.45) is 20.8. The first-order chi connectivity index (χ1) is 8.45. The fourth-order valence-corrected chi connectivity index (χ4v) is 2.77. The highest BCUT2D eigenvalue weighted by molar-refractivity contribution is 5.50. The third-order valence-electron chi connectivity index (χ3n) is 3.65. The van der Waals surface area contributed by atoms with E-state index in [0.29, 0.717) is 0 Å². The van der Waals surface area contributed by atoms with Crippen molar-refractivity contribution in [1.82, 2.24) is 4.90 Å². The van der Waals surface area contributed by atoms with Gasteiger partial charge >= 0.3 is 0 Å². The summed E-state index contributed by atoms with van der Waals surface area (Å²) in [7, 11) is 0. The molecular formula is C16H19N. The number of hydrogen-bond acceptors (Lipinski definition) is 1. The van der Waals surface area contributed by atoms with E-state index in [1.54, 1.807) is 0 Å². The molecule has 0 amide bonds. The number of hydrogen-bond donors (Lipinski definition) is 0. The van der Waals surface area contributed by atoms with E-state index in [-0.39, 0.29) is 0 Å². The molecule has 1 nitrogen and oxygen atoms in total. The molecule has 88 valence electrons. The Hall–Kier alpha value is -1.50. The van der Waals surface area contributed by atoms with Gasteiger partial charge in [-0.25, -0.2) is 0 Å². The highest BCUT2D eigenvalue weighted by Gasteiger charge is 2.18. The maximum atomic E-state index is 2.51. The molecule has 0 bridgehead atoms. The van der Waals surface area contributed by atoms with Gasteiger partial charge in [0.25, 0.3) is 0 Å². The lowest BCUT2D eigenvalue weighted by Gasteiger charge is -2.31. The van der Waals surface area contributed by atoms with Gasteiger partial charge in [-0.2, -0.15) is 0 Å². The minimum Gasteiger partial charge on any atom is -0.367 e. The van der Waals surface area contributed by atoms with Crippen LogP contribution < -0.4 is 0 Å². The molecule has 0 aromatic carbocycles. The first kappa shape index (κ1) is 10.6. The van der Waals surface area contributed by atoms with Crippen molar-refractivity contribution in [2.45, 2.75) is 25.7 Å². The summed E-state index contributed by atoms with van der Waals surface area (Å²) in [6, 6.07) is 0. The minimum atomic E-state index is 1.07. The Morgan fingerprint density at radius 1 is 0.941 bits per heavy atom. The van der Waals surface area contributed by atoms with Gasteiger partial charge in [0.05, 0.1) is 0 Å². The molecule has 1 heteroatoms. The average molecular weight is 225 g/mol. The second-order valence-electron chi connectivity index (χ2n) is 4.81. The first-order valence-electron chi connectivity index (χ1n) is 6.62. The molecule has 0 saturated carbocycles. The second-order valence-corrected chi connectivity index (χ2v) is 4.81. The average Bonchev–Trinajstić information content (AvgIpc) is 2.64. The molecule has 0 fully saturated rings. The second kappa shape index (κ2) is 4.79. The van der Waals surface area contributed by atoms with E-state index in [1.165, 1.54) is 36.1 Å². The van der Waals surface area contributed by atoms with Crippen molar-refractivity contribution in [3.05, 3.63) is 59.4 Å². The van der Waals surface area contributed by atoms with Gasteiger partial charge in [-0.1, -0.05) is 42.5 Å². The van der Waals surface area contributed by atoms with Crippen LogP contribution >= 0.6 is 0 Å². The summed E-state index contributed by atoms with van der Waals surface area (Å²) in [5, 5.41) is 0. The van der Waals surface area contributed by atoms with Crippen LogP contribution in [0.4, 0.5) is 0 Å². The van der Waals surface area contributed by atoms with Crippen molar-refractivity contribution in [3.8, 4) is 0 Å². The highest BCUT2D eigenvalue weighted by atomic mass is 15.1. The normalized spacial score (nSPS) is 23.5.